The van der Waals surface area contributed by atoms with Crippen LogP contribution in [0.3, 0.4) is 0 Å². The summed E-state index contributed by atoms with van der Waals surface area (Å²) in [5, 5.41) is 9.44. The lowest BCUT2D eigenvalue weighted by molar-refractivity contribution is -0.132. The molecule has 0 atom stereocenters. The Morgan fingerprint density at radius 1 is 1.38 bits per heavy atom. The summed E-state index contributed by atoms with van der Waals surface area (Å²) in [4.78, 5) is 10.6. The normalized spacial score (nSPS) is 9.38. The van der Waals surface area contributed by atoms with Crippen molar-refractivity contribution in [3.8, 4) is 17.2 Å². The number of ether oxygens (including phenoxy) is 2. The van der Waals surface area contributed by atoms with Crippen molar-refractivity contribution in [2.45, 2.75) is 6.92 Å². The fourth-order valence-electron chi connectivity index (χ4n) is 0.904. The number of carbonyl (C=O) groups excluding carboxylic acids is 1. The van der Waals surface area contributed by atoms with Crippen LogP contribution in [0, 0.1) is 0 Å². The number of para-hydroxylation sites is 1. The minimum Gasteiger partial charge on any atom is -0.502 e. The summed E-state index contributed by atoms with van der Waals surface area (Å²) in [6, 6.07) is 4.68. The van der Waals surface area contributed by atoms with E-state index in [-0.39, 0.29) is 17.2 Å². The van der Waals surface area contributed by atoms with Crippen molar-refractivity contribution in [1.82, 2.24) is 0 Å². The third-order valence-electron chi connectivity index (χ3n) is 1.44. The molecule has 0 aliphatic rings. The van der Waals surface area contributed by atoms with Crippen LogP contribution < -0.4 is 9.47 Å². The fourth-order valence-corrected chi connectivity index (χ4v) is 0.904. The molecule has 4 nitrogen and oxygen atoms in total. The van der Waals surface area contributed by atoms with E-state index >= 15 is 0 Å². The minimum atomic E-state index is -0.483. The van der Waals surface area contributed by atoms with Gasteiger partial charge < -0.3 is 14.6 Å². The number of phenolic OH excluding ortho intramolecular Hbond substituents is 1. The standard InChI is InChI=1S/C9H10O4/c1-6(10)13-8-5-3-4-7(12-2)9(8)11/h3-5,11H,1-2H3. The zero-order chi connectivity index (χ0) is 9.84. The van der Waals surface area contributed by atoms with Crippen LogP contribution >= 0.6 is 0 Å². The second-order valence-electron chi connectivity index (χ2n) is 2.40. The number of rotatable bonds is 2. The second kappa shape index (κ2) is 3.80. The molecule has 0 bridgehead atoms. The van der Waals surface area contributed by atoms with Crippen molar-refractivity contribution < 1.29 is 19.4 Å². The molecule has 0 amide bonds. The molecule has 1 aromatic carbocycles. The molecule has 1 rings (SSSR count). The highest BCUT2D eigenvalue weighted by atomic mass is 16.5. The average molecular weight is 182 g/mol. The molecule has 0 unspecified atom stereocenters. The molecule has 0 fully saturated rings. The van der Waals surface area contributed by atoms with Gasteiger partial charge in [0.05, 0.1) is 7.11 Å². The van der Waals surface area contributed by atoms with Crippen LogP contribution in [-0.2, 0) is 4.79 Å². The van der Waals surface area contributed by atoms with Gasteiger partial charge >= 0.3 is 5.97 Å². The highest BCUT2D eigenvalue weighted by Crippen LogP contribution is 2.35. The molecular formula is C9H10O4. The molecule has 70 valence electrons. The summed E-state index contributed by atoms with van der Waals surface area (Å²) in [5.41, 5.74) is 0. The van der Waals surface area contributed by atoms with Gasteiger partial charge in [-0.1, -0.05) is 6.07 Å². The quantitative estimate of drug-likeness (QED) is 0.553. The van der Waals surface area contributed by atoms with E-state index in [1.165, 1.54) is 20.1 Å². The lowest BCUT2D eigenvalue weighted by Gasteiger charge is -2.07. The Bertz CT molecular complexity index is 319. The van der Waals surface area contributed by atoms with E-state index in [4.69, 9.17) is 9.47 Å². The molecule has 13 heavy (non-hydrogen) atoms. The summed E-state index contributed by atoms with van der Waals surface area (Å²) < 4.78 is 9.54. The Morgan fingerprint density at radius 2 is 2.00 bits per heavy atom. The van der Waals surface area contributed by atoms with Gasteiger partial charge in [-0.3, -0.25) is 4.79 Å². The van der Waals surface area contributed by atoms with E-state index in [1.807, 2.05) is 0 Å². The molecule has 0 aliphatic carbocycles. The molecule has 0 heterocycles. The lowest BCUT2D eigenvalue weighted by Crippen LogP contribution is -2.01. The van der Waals surface area contributed by atoms with Crippen LogP contribution in [0.15, 0.2) is 18.2 Å². The van der Waals surface area contributed by atoms with Crippen molar-refractivity contribution in [3.05, 3.63) is 18.2 Å². The van der Waals surface area contributed by atoms with Crippen LogP contribution in [-0.4, -0.2) is 18.2 Å². The van der Waals surface area contributed by atoms with Crippen LogP contribution in [0.5, 0.6) is 17.2 Å². The zero-order valence-corrected chi connectivity index (χ0v) is 7.40. The molecule has 1 aromatic rings. The highest BCUT2D eigenvalue weighted by molar-refractivity contribution is 5.71. The monoisotopic (exact) mass is 182 g/mol. The lowest BCUT2D eigenvalue weighted by atomic mass is 10.3. The van der Waals surface area contributed by atoms with E-state index < -0.39 is 5.97 Å². The molecule has 0 spiro atoms. The first-order valence-corrected chi connectivity index (χ1v) is 3.69. The first kappa shape index (κ1) is 9.38. The van der Waals surface area contributed by atoms with Crippen molar-refractivity contribution >= 4 is 5.97 Å². The van der Waals surface area contributed by atoms with Gasteiger partial charge in [0.1, 0.15) is 0 Å². The molecule has 0 saturated carbocycles. The number of phenols is 1. The Hall–Kier alpha value is -1.71. The van der Waals surface area contributed by atoms with E-state index in [1.54, 1.807) is 12.1 Å². The van der Waals surface area contributed by atoms with Crippen molar-refractivity contribution in [3.63, 3.8) is 0 Å². The molecule has 1 N–H and O–H groups in total. The van der Waals surface area contributed by atoms with E-state index in [2.05, 4.69) is 0 Å². The average Bonchev–Trinajstić information content (AvgIpc) is 2.08. The Labute approximate surface area is 75.7 Å². The van der Waals surface area contributed by atoms with Crippen molar-refractivity contribution in [2.75, 3.05) is 7.11 Å². The maximum atomic E-state index is 10.6. The molecule has 0 radical (unpaired) electrons. The summed E-state index contributed by atoms with van der Waals surface area (Å²) in [6.07, 6.45) is 0. The number of aromatic hydroxyl groups is 1. The first-order valence-electron chi connectivity index (χ1n) is 3.69. The predicted molar refractivity (Wildman–Crippen MR) is 46.0 cm³/mol. The zero-order valence-electron chi connectivity index (χ0n) is 7.40. The third-order valence-corrected chi connectivity index (χ3v) is 1.44. The molecular weight excluding hydrogens is 172 g/mol. The van der Waals surface area contributed by atoms with Crippen molar-refractivity contribution in [2.24, 2.45) is 0 Å². The van der Waals surface area contributed by atoms with Gasteiger partial charge in [0.25, 0.3) is 0 Å². The Morgan fingerprint density at radius 3 is 2.54 bits per heavy atom. The van der Waals surface area contributed by atoms with Gasteiger partial charge in [0, 0.05) is 6.92 Å². The minimum absolute atomic E-state index is 0.104. The summed E-state index contributed by atoms with van der Waals surface area (Å²) >= 11 is 0. The topological polar surface area (TPSA) is 55.8 Å². The Balaban J connectivity index is 3.01. The highest BCUT2D eigenvalue weighted by Gasteiger charge is 2.09. The molecule has 4 heteroatoms. The number of methoxy groups -OCH3 is 1. The predicted octanol–water partition coefficient (Wildman–Crippen LogP) is 1.33. The number of hydrogen-bond donors (Lipinski definition) is 1. The van der Waals surface area contributed by atoms with E-state index in [0.29, 0.717) is 0 Å². The van der Waals surface area contributed by atoms with Crippen LogP contribution in [0.25, 0.3) is 0 Å². The van der Waals surface area contributed by atoms with Crippen LogP contribution in [0.4, 0.5) is 0 Å². The van der Waals surface area contributed by atoms with Gasteiger partial charge in [-0.15, -0.1) is 0 Å². The van der Waals surface area contributed by atoms with Gasteiger partial charge in [-0.25, -0.2) is 0 Å². The summed E-state index contributed by atoms with van der Waals surface area (Å²) in [7, 11) is 1.42. The SMILES string of the molecule is COc1cccc(OC(C)=O)c1O. The third kappa shape index (κ3) is 2.11. The number of esters is 1. The van der Waals surface area contributed by atoms with Gasteiger partial charge in [-0.05, 0) is 12.1 Å². The molecule has 0 aromatic heterocycles. The van der Waals surface area contributed by atoms with Gasteiger partial charge in [0.15, 0.2) is 11.5 Å². The van der Waals surface area contributed by atoms with Crippen LogP contribution in [0.1, 0.15) is 6.92 Å². The Kier molecular flexibility index (Phi) is 2.74. The van der Waals surface area contributed by atoms with E-state index in [0.717, 1.165) is 0 Å². The number of carbonyl (C=O) groups is 1. The second-order valence-corrected chi connectivity index (χ2v) is 2.40. The smallest absolute Gasteiger partial charge is 0.308 e. The fraction of sp³-hybridized carbons (Fsp3) is 0.222. The summed E-state index contributed by atoms with van der Waals surface area (Å²) in [6.45, 7) is 1.26. The first-order chi connectivity index (χ1) is 6.15. The maximum Gasteiger partial charge on any atom is 0.308 e. The van der Waals surface area contributed by atoms with E-state index in [9.17, 15) is 9.90 Å². The van der Waals surface area contributed by atoms with Gasteiger partial charge in [-0.2, -0.15) is 0 Å². The number of hydrogen-bond acceptors (Lipinski definition) is 4. The molecule has 0 saturated heterocycles. The summed E-state index contributed by atoms with van der Waals surface area (Å²) in [5.74, 6) is -0.269. The largest absolute Gasteiger partial charge is 0.502 e. The van der Waals surface area contributed by atoms with Crippen molar-refractivity contribution in [1.29, 1.82) is 0 Å². The van der Waals surface area contributed by atoms with Crippen LogP contribution in [0.2, 0.25) is 0 Å². The maximum absolute atomic E-state index is 10.6. The molecule has 0 aliphatic heterocycles. The number of benzene rings is 1. The van der Waals surface area contributed by atoms with Gasteiger partial charge in [0.2, 0.25) is 5.75 Å².